The molecule has 1 aromatic heterocycles. The van der Waals surface area contributed by atoms with Crippen molar-refractivity contribution in [2.75, 3.05) is 0 Å². The van der Waals surface area contributed by atoms with Gasteiger partial charge in [-0.3, -0.25) is 0 Å². The van der Waals surface area contributed by atoms with Crippen LogP contribution < -0.4 is 0 Å². The Morgan fingerprint density at radius 1 is 1.16 bits per heavy atom. The van der Waals surface area contributed by atoms with E-state index < -0.39 is 12.1 Å². The monoisotopic (exact) mass is 268 g/mol. The average molecular weight is 268 g/mol. The lowest BCUT2D eigenvalue weighted by Gasteiger charge is -2.00. The highest BCUT2D eigenvalue weighted by molar-refractivity contribution is 5.54. The molecular weight excluding hydrogens is 257 g/mol. The van der Waals surface area contributed by atoms with Gasteiger partial charge < -0.3 is 4.52 Å². The van der Waals surface area contributed by atoms with Gasteiger partial charge in [0.05, 0.1) is 0 Å². The molecule has 0 atom stereocenters. The lowest BCUT2D eigenvalue weighted by Crippen LogP contribution is -2.04. The van der Waals surface area contributed by atoms with E-state index >= 15 is 0 Å². The standard InChI is InChI=1S/C13H11F3N2O/c14-13(15,16)12-17-11(18-19-12)10-5-3-9(4-6-10)7-8-1-2-8/h3-6,8H,1-2,7H2. The maximum Gasteiger partial charge on any atom is 0.471 e. The van der Waals surface area contributed by atoms with E-state index in [1.54, 1.807) is 12.1 Å². The van der Waals surface area contributed by atoms with Gasteiger partial charge in [0.2, 0.25) is 5.82 Å². The molecule has 3 nitrogen and oxygen atoms in total. The maximum atomic E-state index is 12.3. The Labute approximate surface area is 107 Å². The summed E-state index contributed by atoms with van der Waals surface area (Å²) in [7, 11) is 0. The van der Waals surface area contributed by atoms with Crippen LogP contribution in [0, 0.1) is 5.92 Å². The third-order valence-corrected chi connectivity index (χ3v) is 3.10. The molecule has 1 heterocycles. The Balaban J connectivity index is 1.79. The lowest BCUT2D eigenvalue weighted by atomic mass is 10.1. The van der Waals surface area contributed by atoms with Crippen molar-refractivity contribution in [3.63, 3.8) is 0 Å². The zero-order chi connectivity index (χ0) is 13.5. The highest BCUT2D eigenvalue weighted by atomic mass is 19.4. The summed E-state index contributed by atoms with van der Waals surface area (Å²) in [6.07, 6.45) is -1.04. The van der Waals surface area contributed by atoms with Crippen LogP contribution in [0.4, 0.5) is 13.2 Å². The van der Waals surface area contributed by atoms with Crippen molar-refractivity contribution in [3.05, 3.63) is 35.7 Å². The summed E-state index contributed by atoms with van der Waals surface area (Å²) in [4.78, 5) is 3.35. The Morgan fingerprint density at radius 2 is 1.84 bits per heavy atom. The third kappa shape index (κ3) is 2.77. The van der Waals surface area contributed by atoms with E-state index in [2.05, 4.69) is 14.7 Å². The first-order valence-corrected chi connectivity index (χ1v) is 6.02. The first kappa shape index (κ1) is 12.2. The fraction of sp³-hybridized carbons (Fsp3) is 0.385. The van der Waals surface area contributed by atoms with E-state index in [9.17, 15) is 13.2 Å². The molecule has 0 spiro atoms. The van der Waals surface area contributed by atoms with Crippen molar-refractivity contribution in [2.24, 2.45) is 5.92 Å². The van der Waals surface area contributed by atoms with Gasteiger partial charge in [-0.2, -0.15) is 18.2 Å². The van der Waals surface area contributed by atoms with E-state index in [0.717, 1.165) is 12.3 Å². The van der Waals surface area contributed by atoms with Crippen LogP contribution in [0.15, 0.2) is 28.8 Å². The summed E-state index contributed by atoms with van der Waals surface area (Å²) in [6.45, 7) is 0. The minimum absolute atomic E-state index is 0.0368. The summed E-state index contributed by atoms with van der Waals surface area (Å²) >= 11 is 0. The zero-order valence-electron chi connectivity index (χ0n) is 9.94. The highest BCUT2D eigenvalue weighted by Gasteiger charge is 2.38. The van der Waals surface area contributed by atoms with Crippen LogP contribution in [-0.2, 0) is 12.6 Å². The molecule has 1 aliphatic carbocycles. The Morgan fingerprint density at radius 3 is 2.37 bits per heavy atom. The Bertz CT molecular complexity index is 570. The number of rotatable bonds is 3. The molecule has 0 amide bonds. The van der Waals surface area contributed by atoms with Gasteiger partial charge in [0.25, 0.3) is 0 Å². The molecule has 3 rings (SSSR count). The molecule has 100 valence electrons. The van der Waals surface area contributed by atoms with Crippen molar-refractivity contribution in [1.82, 2.24) is 10.1 Å². The van der Waals surface area contributed by atoms with Crippen LogP contribution in [0.2, 0.25) is 0 Å². The third-order valence-electron chi connectivity index (χ3n) is 3.10. The molecule has 0 unspecified atom stereocenters. The molecule has 1 aliphatic rings. The summed E-state index contributed by atoms with van der Waals surface area (Å²) in [5, 5.41) is 3.35. The van der Waals surface area contributed by atoms with Crippen LogP contribution in [-0.4, -0.2) is 10.1 Å². The van der Waals surface area contributed by atoms with E-state index in [1.165, 1.54) is 18.4 Å². The molecule has 6 heteroatoms. The normalized spacial score (nSPS) is 15.7. The Kier molecular flexibility index (Phi) is 2.80. The van der Waals surface area contributed by atoms with Gasteiger partial charge in [0.1, 0.15) is 0 Å². The zero-order valence-corrected chi connectivity index (χ0v) is 9.94. The first-order chi connectivity index (χ1) is 9.02. The molecular formula is C13H11F3N2O. The summed E-state index contributed by atoms with van der Waals surface area (Å²) in [5.41, 5.74) is 1.71. The largest absolute Gasteiger partial charge is 0.471 e. The smallest absolute Gasteiger partial charge is 0.329 e. The predicted octanol–water partition coefficient (Wildman–Crippen LogP) is 3.71. The van der Waals surface area contributed by atoms with Gasteiger partial charge in [-0.05, 0) is 30.7 Å². The second-order valence-corrected chi connectivity index (χ2v) is 4.77. The lowest BCUT2D eigenvalue weighted by molar-refractivity contribution is -0.159. The van der Waals surface area contributed by atoms with Crippen molar-refractivity contribution < 1.29 is 17.7 Å². The second-order valence-electron chi connectivity index (χ2n) is 4.77. The van der Waals surface area contributed by atoms with Crippen molar-refractivity contribution in [1.29, 1.82) is 0 Å². The molecule has 1 fully saturated rings. The molecule has 1 saturated carbocycles. The molecule has 1 aromatic carbocycles. The number of alkyl halides is 3. The van der Waals surface area contributed by atoms with E-state index in [4.69, 9.17) is 0 Å². The minimum atomic E-state index is -4.60. The summed E-state index contributed by atoms with van der Waals surface area (Å²) in [5.74, 6) is -0.581. The molecule has 0 aliphatic heterocycles. The van der Waals surface area contributed by atoms with Crippen LogP contribution in [0.1, 0.15) is 24.3 Å². The van der Waals surface area contributed by atoms with Crippen molar-refractivity contribution in [3.8, 4) is 11.4 Å². The van der Waals surface area contributed by atoms with Crippen LogP contribution >= 0.6 is 0 Å². The molecule has 0 N–H and O–H groups in total. The average Bonchev–Trinajstić information content (AvgIpc) is 3.02. The van der Waals surface area contributed by atoms with E-state index in [-0.39, 0.29) is 5.82 Å². The second kappa shape index (κ2) is 4.36. The van der Waals surface area contributed by atoms with Crippen molar-refractivity contribution in [2.45, 2.75) is 25.4 Å². The van der Waals surface area contributed by atoms with Gasteiger partial charge in [0.15, 0.2) is 0 Å². The Hall–Kier alpha value is -1.85. The summed E-state index contributed by atoms with van der Waals surface area (Å²) < 4.78 is 41.2. The van der Waals surface area contributed by atoms with Gasteiger partial charge >= 0.3 is 12.1 Å². The molecule has 19 heavy (non-hydrogen) atoms. The van der Waals surface area contributed by atoms with Gasteiger partial charge in [-0.25, -0.2) is 0 Å². The maximum absolute atomic E-state index is 12.3. The topological polar surface area (TPSA) is 38.9 Å². The fourth-order valence-electron chi connectivity index (χ4n) is 1.90. The summed E-state index contributed by atoms with van der Waals surface area (Å²) in [6, 6.07) is 7.25. The van der Waals surface area contributed by atoms with Gasteiger partial charge in [-0.15, -0.1) is 0 Å². The SMILES string of the molecule is FC(F)(F)c1nc(-c2ccc(CC3CC3)cc2)no1. The van der Waals surface area contributed by atoms with E-state index in [1.807, 2.05) is 12.1 Å². The predicted molar refractivity (Wildman–Crippen MR) is 61.2 cm³/mol. The number of aromatic nitrogens is 2. The number of nitrogens with zero attached hydrogens (tertiary/aromatic N) is 2. The van der Waals surface area contributed by atoms with E-state index in [0.29, 0.717) is 5.56 Å². The van der Waals surface area contributed by atoms with Gasteiger partial charge in [0, 0.05) is 5.56 Å². The number of hydrogen-bond donors (Lipinski definition) is 0. The molecule has 2 aromatic rings. The molecule has 0 bridgehead atoms. The number of benzene rings is 1. The van der Waals surface area contributed by atoms with Crippen LogP contribution in [0.5, 0.6) is 0 Å². The quantitative estimate of drug-likeness (QED) is 0.851. The first-order valence-electron chi connectivity index (χ1n) is 6.02. The van der Waals surface area contributed by atoms with Crippen LogP contribution in [0.25, 0.3) is 11.4 Å². The number of hydrogen-bond acceptors (Lipinski definition) is 3. The highest BCUT2D eigenvalue weighted by Crippen LogP contribution is 2.33. The fourth-order valence-corrected chi connectivity index (χ4v) is 1.90. The van der Waals surface area contributed by atoms with Gasteiger partial charge in [-0.1, -0.05) is 29.4 Å². The molecule has 0 radical (unpaired) electrons. The number of halogens is 3. The minimum Gasteiger partial charge on any atom is -0.329 e. The van der Waals surface area contributed by atoms with Crippen LogP contribution in [0.3, 0.4) is 0 Å². The van der Waals surface area contributed by atoms with Crippen molar-refractivity contribution >= 4 is 0 Å². The molecule has 0 saturated heterocycles.